The molecule has 2 aromatic carbocycles. The first-order chi connectivity index (χ1) is 15.1. The summed E-state index contributed by atoms with van der Waals surface area (Å²) in [5.74, 6) is -1.68. The highest BCUT2D eigenvalue weighted by Crippen LogP contribution is 2.36. The lowest BCUT2D eigenvalue weighted by Crippen LogP contribution is -2.51. The van der Waals surface area contributed by atoms with Gasteiger partial charge in [-0.2, -0.15) is 8.42 Å². The molecule has 0 aliphatic carbocycles. The smallest absolute Gasteiger partial charge is 0.339 e. The van der Waals surface area contributed by atoms with Crippen LogP contribution in [0.25, 0.3) is 6.08 Å². The van der Waals surface area contributed by atoms with Gasteiger partial charge in [-0.05, 0) is 49.2 Å². The van der Waals surface area contributed by atoms with Gasteiger partial charge >= 0.3 is 16.1 Å². The minimum absolute atomic E-state index is 0.0267. The van der Waals surface area contributed by atoms with Crippen LogP contribution in [-0.2, 0) is 26.1 Å². The first-order valence-corrected chi connectivity index (χ1v) is 10.8. The van der Waals surface area contributed by atoms with Crippen molar-refractivity contribution in [1.29, 1.82) is 0 Å². The Balaban J connectivity index is 2.06. The predicted molar refractivity (Wildman–Crippen MR) is 116 cm³/mol. The number of hydrogen-bond acceptors (Lipinski definition) is 7. The van der Waals surface area contributed by atoms with Gasteiger partial charge < -0.3 is 8.92 Å². The van der Waals surface area contributed by atoms with Crippen molar-refractivity contribution >= 4 is 34.0 Å². The number of aryl methyl sites for hydroxylation is 1. The van der Waals surface area contributed by atoms with Crippen LogP contribution in [-0.4, -0.2) is 33.4 Å². The Morgan fingerprint density at radius 2 is 1.66 bits per heavy atom. The summed E-state index contributed by atoms with van der Waals surface area (Å²) < 4.78 is 36.3. The van der Waals surface area contributed by atoms with E-state index in [0.29, 0.717) is 11.1 Å². The number of allylic oxidation sites excluding steroid dienone is 1. The van der Waals surface area contributed by atoms with Crippen LogP contribution in [0.1, 0.15) is 16.7 Å². The van der Waals surface area contributed by atoms with E-state index >= 15 is 0 Å². The number of imide groups is 2. The Bertz CT molecular complexity index is 1220. The average molecular weight is 456 g/mol. The van der Waals surface area contributed by atoms with Gasteiger partial charge in [-0.3, -0.25) is 20.2 Å². The maximum atomic E-state index is 12.8. The molecule has 32 heavy (non-hydrogen) atoms. The zero-order valence-corrected chi connectivity index (χ0v) is 18.1. The molecule has 0 spiro atoms. The number of amides is 4. The quantitative estimate of drug-likeness (QED) is 0.283. The van der Waals surface area contributed by atoms with Crippen LogP contribution in [0.3, 0.4) is 0 Å². The first kappa shape index (κ1) is 22.8. The summed E-state index contributed by atoms with van der Waals surface area (Å²) in [7, 11) is -2.84. The third-order valence-corrected chi connectivity index (χ3v) is 5.73. The molecule has 1 fully saturated rings. The Kier molecular flexibility index (Phi) is 6.45. The highest BCUT2D eigenvalue weighted by atomic mass is 32.2. The van der Waals surface area contributed by atoms with Crippen LogP contribution in [0.5, 0.6) is 11.5 Å². The fourth-order valence-electron chi connectivity index (χ4n) is 2.96. The van der Waals surface area contributed by atoms with E-state index in [4.69, 9.17) is 8.92 Å². The van der Waals surface area contributed by atoms with Crippen molar-refractivity contribution in [2.75, 3.05) is 7.11 Å². The highest BCUT2D eigenvalue weighted by Gasteiger charge is 2.28. The third kappa shape index (κ3) is 4.86. The second kappa shape index (κ2) is 9.06. The molecule has 9 nitrogen and oxygen atoms in total. The van der Waals surface area contributed by atoms with E-state index in [1.807, 2.05) is 17.6 Å². The lowest BCUT2D eigenvalue weighted by Gasteiger charge is -2.17. The van der Waals surface area contributed by atoms with Gasteiger partial charge in [0.25, 0.3) is 11.8 Å². The summed E-state index contributed by atoms with van der Waals surface area (Å²) in [5.41, 5.74) is 1.35. The van der Waals surface area contributed by atoms with Crippen LogP contribution < -0.4 is 19.6 Å². The number of carbonyl (C=O) groups excluding carboxylic acids is 3. The molecule has 1 saturated heterocycles. The van der Waals surface area contributed by atoms with Crippen LogP contribution >= 0.6 is 0 Å². The van der Waals surface area contributed by atoms with Crippen molar-refractivity contribution in [3.63, 3.8) is 0 Å². The van der Waals surface area contributed by atoms with E-state index < -0.39 is 28.0 Å². The van der Waals surface area contributed by atoms with E-state index in [1.54, 1.807) is 12.1 Å². The van der Waals surface area contributed by atoms with Gasteiger partial charge in [0, 0.05) is 5.56 Å². The van der Waals surface area contributed by atoms with Gasteiger partial charge in [-0.25, -0.2) is 4.79 Å². The second-order valence-electron chi connectivity index (χ2n) is 6.85. The zero-order valence-electron chi connectivity index (χ0n) is 17.3. The van der Waals surface area contributed by atoms with E-state index in [-0.39, 0.29) is 28.4 Å². The van der Waals surface area contributed by atoms with Gasteiger partial charge in [0.05, 0.1) is 7.11 Å². The number of carbonyl (C=O) groups is 3. The van der Waals surface area contributed by atoms with Crippen LogP contribution in [0, 0.1) is 6.92 Å². The number of hydrogen-bond donors (Lipinski definition) is 2. The number of benzene rings is 2. The Labute approximate surface area is 184 Å². The summed E-state index contributed by atoms with van der Waals surface area (Å²) in [6.45, 7) is 5.50. The number of barbiturate groups is 1. The molecule has 166 valence electrons. The Hall–Kier alpha value is -3.92. The molecule has 0 saturated carbocycles. The SMILES string of the molecule is C=CCc1cc(C=C2C(=O)NC(=O)NC2=O)cc(OC)c1OS(=O)(=O)c1ccc(C)cc1. The summed E-state index contributed by atoms with van der Waals surface area (Å²) in [6, 6.07) is 8.21. The van der Waals surface area contributed by atoms with E-state index in [2.05, 4.69) is 6.58 Å². The minimum atomic E-state index is -4.16. The summed E-state index contributed by atoms with van der Waals surface area (Å²) in [5, 5.41) is 3.97. The number of nitrogens with one attached hydrogen (secondary N) is 2. The molecular formula is C22H20N2O7S. The molecule has 0 radical (unpaired) electrons. The fourth-order valence-corrected chi connectivity index (χ4v) is 3.93. The molecule has 4 amide bonds. The minimum Gasteiger partial charge on any atom is -0.493 e. The van der Waals surface area contributed by atoms with Gasteiger partial charge in [0.2, 0.25) is 0 Å². The molecule has 0 unspecified atom stereocenters. The standard InChI is InChI=1S/C22H20N2O7S/c1-4-5-15-10-14(11-17-20(25)23-22(27)24-21(17)26)12-18(30-3)19(15)31-32(28,29)16-8-6-13(2)7-9-16/h4,6-12H,1,5H2,2-3H3,(H2,23,24,25,26,27). The molecule has 1 aliphatic rings. The van der Waals surface area contributed by atoms with Crippen LogP contribution in [0.15, 0.2) is 59.5 Å². The maximum absolute atomic E-state index is 12.8. The van der Waals surface area contributed by atoms with Crippen molar-refractivity contribution in [3.05, 3.63) is 71.3 Å². The number of methoxy groups -OCH3 is 1. The topological polar surface area (TPSA) is 128 Å². The van der Waals surface area contributed by atoms with E-state index in [9.17, 15) is 22.8 Å². The zero-order chi connectivity index (χ0) is 23.5. The molecule has 0 atom stereocenters. The van der Waals surface area contributed by atoms with Gasteiger partial charge in [0.15, 0.2) is 11.5 Å². The molecule has 0 aromatic heterocycles. The molecule has 1 heterocycles. The molecule has 0 bridgehead atoms. The van der Waals surface area contributed by atoms with Crippen molar-refractivity contribution in [1.82, 2.24) is 10.6 Å². The number of urea groups is 1. The lowest BCUT2D eigenvalue weighted by atomic mass is 10.0. The molecular weight excluding hydrogens is 436 g/mol. The number of ether oxygens (including phenoxy) is 1. The molecule has 10 heteroatoms. The third-order valence-electron chi connectivity index (χ3n) is 4.50. The summed E-state index contributed by atoms with van der Waals surface area (Å²) in [6.07, 6.45) is 3.00. The molecule has 3 rings (SSSR count). The molecule has 1 aliphatic heterocycles. The number of rotatable bonds is 7. The Morgan fingerprint density at radius 3 is 2.22 bits per heavy atom. The maximum Gasteiger partial charge on any atom is 0.339 e. The largest absolute Gasteiger partial charge is 0.493 e. The predicted octanol–water partition coefficient (Wildman–Crippen LogP) is 2.25. The second-order valence-corrected chi connectivity index (χ2v) is 8.40. The van der Waals surface area contributed by atoms with Gasteiger partial charge in [-0.1, -0.05) is 23.8 Å². The summed E-state index contributed by atoms with van der Waals surface area (Å²) >= 11 is 0. The highest BCUT2D eigenvalue weighted by molar-refractivity contribution is 7.87. The van der Waals surface area contributed by atoms with Crippen LogP contribution in [0.4, 0.5) is 4.79 Å². The monoisotopic (exact) mass is 456 g/mol. The average Bonchev–Trinajstić information content (AvgIpc) is 2.72. The first-order valence-electron chi connectivity index (χ1n) is 9.36. The summed E-state index contributed by atoms with van der Waals surface area (Å²) in [4.78, 5) is 35.2. The van der Waals surface area contributed by atoms with E-state index in [1.165, 1.54) is 43.5 Å². The molecule has 2 aromatic rings. The fraction of sp³-hybridized carbons (Fsp3) is 0.136. The lowest BCUT2D eigenvalue weighted by molar-refractivity contribution is -0.123. The van der Waals surface area contributed by atoms with Crippen molar-refractivity contribution in [2.45, 2.75) is 18.2 Å². The normalized spacial score (nSPS) is 13.8. The van der Waals surface area contributed by atoms with Gasteiger partial charge in [-0.15, -0.1) is 6.58 Å². The van der Waals surface area contributed by atoms with Crippen molar-refractivity contribution < 1.29 is 31.7 Å². The van der Waals surface area contributed by atoms with Crippen molar-refractivity contribution in [3.8, 4) is 11.5 Å². The van der Waals surface area contributed by atoms with E-state index in [0.717, 1.165) is 5.56 Å². The Morgan fingerprint density at radius 1 is 1.03 bits per heavy atom. The molecule has 2 N–H and O–H groups in total. The van der Waals surface area contributed by atoms with Gasteiger partial charge in [0.1, 0.15) is 10.5 Å². The van der Waals surface area contributed by atoms with Crippen LogP contribution in [0.2, 0.25) is 0 Å². The van der Waals surface area contributed by atoms with Crippen molar-refractivity contribution in [2.24, 2.45) is 0 Å².